The van der Waals surface area contributed by atoms with Crippen molar-refractivity contribution in [1.29, 1.82) is 0 Å². The molecule has 5 rings (SSSR count). The maximum Gasteiger partial charge on any atom is 0.253 e. The maximum absolute atomic E-state index is 16.1. The molecule has 3 aliphatic rings. The molecular weight excluding hydrogens is 541 g/mol. The molecule has 1 amide bonds. The minimum absolute atomic E-state index is 0.0740. The predicted octanol–water partition coefficient (Wildman–Crippen LogP) is 8.08. The number of ether oxygens (including phenoxy) is 1. The molecule has 7 atom stereocenters. The van der Waals surface area contributed by atoms with E-state index in [1.165, 1.54) is 6.42 Å². The quantitative estimate of drug-likeness (QED) is 0.230. The van der Waals surface area contributed by atoms with E-state index in [0.29, 0.717) is 37.0 Å². The zero-order chi connectivity index (χ0) is 30.6. The van der Waals surface area contributed by atoms with Gasteiger partial charge in [-0.2, -0.15) is 0 Å². The molecule has 43 heavy (non-hydrogen) atoms. The number of nitrogens with zero attached hydrogens (tertiary/aromatic N) is 1. The van der Waals surface area contributed by atoms with E-state index >= 15 is 4.39 Å². The van der Waals surface area contributed by atoms with Crippen LogP contribution < -0.4 is 4.74 Å². The number of amides is 1. The Kier molecular flexibility index (Phi) is 10.4. The SMILES string of the molecule is CCCCCCN(CCCCC1Cc2cc(O)ccc2C2C(F)C[C@]3(C)C(O)CCC3C12)C(=O)c1ccc(OCC)cc1. The lowest BCUT2D eigenvalue weighted by Crippen LogP contribution is -2.51. The van der Waals surface area contributed by atoms with Crippen LogP contribution in [0.15, 0.2) is 42.5 Å². The molecule has 2 fully saturated rings. The van der Waals surface area contributed by atoms with Gasteiger partial charge in [0, 0.05) is 24.6 Å². The summed E-state index contributed by atoms with van der Waals surface area (Å²) in [5.74, 6) is 1.72. The van der Waals surface area contributed by atoms with E-state index in [9.17, 15) is 15.0 Å². The lowest BCUT2D eigenvalue weighted by Gasteiger charge is -2.54. The van der Waals surface area contributed by atoms with E-state index in [4.69, 9.17) is 4.74 Å². The summed E-state index contributed by atoms with van der Waals surface area (Å²) in [6.45, 7) is 8.33. The minimum atomic E-state index is -0.990. The number of hydrogen-bond acceptors (Lipinski definition) is 4. The number of unbranched alkanes of at least 4 members (excludes halogenated alkanes) is 4. The van der Waals surface area contributed by atoms with Crippen LogP contribution in [0.1, 0.15) is 112 Å². The molecule has 2 saturated carbocycles. The number of halogens is 1. The van der Waals surface area contributed by atoms with Crippen molar-refractivity contribution < 1.29 is 24.1 Å². The summed E-state index contributed by atoms with van der Waals surface area (Å²) < 4.78 is 21.7. The molecule has 0 saturated heterocycles. The molecule has 0 aromatic heterocycles. The van der Waals surface area contributed by atoms with Crippen LogP contribution in [0.5, 0.6) is 11.5 Å². The van der Waals surface area contributed by atoms with Crippen molar-refractivity contribution in [3.05, 3.63) is 59.2 Å². The van der Waals surface area contributed by atoms with E-state index in [-0.39, 0.29) is 28.9 Å². The van der Waals surface area contributed by atoms with Crippen molar-refractivity contribution in [1.82, 2.24) is 4.90 Å². The summed E-state index contributed by atoms with van der Waals surface area (Å²) in [7, 11) is 0. The molecule has 2 aromatic rings. The van der Waals surface area contributed by atoms with Crippen LogP contribution in [-0.2, 0) is 6.42 Å². The van der Waals surface area contributed by atoms with E-state index in [0.717, 1.165) is 81.2 Å². The second-order valence-corrected chi connectivity index (χ2v) is 13.7. The summed E-state index contributed by atoms with van der Waals surface area (Å²) in [5.41, 5.74) is 2.47. The molecule has 236 valence electrons. The molecule has 3 aliphatic carbocycles. The van der Waals surface area contributed by atoms with Crippen LogP contribution in [0.2, 0.25) is 0 Å². The van der Waals surface area contributed by atoms with Crippen molar-refractivity contribution >= 4 is 5.91 Å². The van der Waals surface area contributed by atoms with Gasteiger partial charge >= 0.3 is 0 Å². The molecule has 0 radical (unpaired) electrons. The third kappa shape index (κ3) is 6.74. The van der Waals surface area contributed by atoms with Gasteiger partial charge in [-0.05, 0) is 123 Å². The average molecular weight is 594 g/mol. The number of aliphatic hydroxyl groups is 1. The zero-order valence-electron chi connectivity index (χ0n) is 26.4. The number of carbonyl (C=O) groups excluding carboxylic acids is 1. The van der Waals surface area contributed by atoms with Crippen LogP contribution in [-0.4, -0.2) is 53.0 Å². The first kappa shape index (κ1) is 31.8. The molecular formula is C37H52FNO4. The number of carbonyl (C=O) groups is 1. The van der Waals surface area contributed by atoms with Crippen molar-refractivity contribution in [2.75, 3.05) is 19.7 Å². The van der Waals surface area contributed by atoms with E-state index in [1.54, 1.807) is 6.07 Å². The van der Waals surface area contributed by atoms with Gasteiger partial charge in [-0.3, -0.25) is 4.79 Å². The smallest absolute Gasteiger partial charge is 0.253 e. The van der Waals surface area contributed by atoms with Gasteiger partial charge in [-0.15, -0.1) is 0 Å². The molecule has 5 nitrogen and oxygen atoms in total. The Bertz CT molecular complexity index is 1220. The fourth-order valence-corrected chi connectivity index (χ4v) is 8.83. The average Bonchev–Trinajstić information content (AvgIpc) is 3.29. The highest BCUT2D eigenvalue weighted by molar-refractivity contribution is 5.94. The molecule has 0 aliphatic heterocycles. The van der Waals surface area contributed by atoms with Crippen molar-refractivity contribution in [2.24, 2.45) is 23.2 Å². The number of rotatable bonds is 13. The normalized spacial score (nSPS) is 29.4. The first-order valence-corrected chi connectivity index (χ1v) is 16.9. The predicted molar refractivity (Wildman–Crippen MR) is 169 cm³/mol. The van der Waals surface area contributed by atoms with Crippen LogP contribution in [0.3, 0.4) is 0 Å². The second-order valence-electron chi connectivity index (χ2n) is 13.7. The number of benzene rings is 2. The number of fused-ring (bicyclic) bond motifs is 5. The minimum Gasteiger partial charge on any atom is -0.508 e. The van der Waals surface area contributed by atoms with Crippen molar-refractivity contribution in [3.8, 4) is 11.5 Å². The number of phenols is 1. The molecule has 6 heteroatoms. The highest BCUT2D eigenvalue weighted by atomic mass is 19.1. The third-order valence-electron chi connectivity index (χ3n) is 11.0. The standard InChI is InChI=1S/C37H52FNO4/c1-4-6-7-9-20-39(36(42)25-12-15-29(16-13-25)43-5-2)21-10-8-11-26-22-27-23-28(40)14-17-30(27)35-32(38)24-37(3)31(34(26)35)18-19-33(37)41/h12-17,23,26,31-35,40-41H,4-11,18-22,24H2,1-3H3/t26?,31?,32?,33?,34?,35?,37-/m0/s1. The Morgan fingerprint density at radius 1 is 1.02 bits per heavy atom. The number of hydrogen-bond donors (Lipinski definition) is 2. The zero-order valence-corrected chi connectivity index (χ0v) is 26.4. The molecule has 0 spiro atoms. The summed E-state index contributed by atoms with van der Waals surface area (Å²) in [4.78, 5) is 15.6. The first-order chi connectivity index (χ1) is 20.8. The van der Waals surface area contributed by atoms with Gasteiger partial charge in [-0.1, -0.05) is 45.6 Å². The lowest BCUT2D eigenvalue weighted by atomic mass is 9.51. The van der Waals surface area contributed by atoms with Crippen LogP contribution in [0.25, 0.3) is 0 Å². The number of aliphatic hydroxyl groups excluding tert-OH is 1. The van der Waals surface area contributed by atoms with E-state index in [2.05, 4.69) is 13.8 Å². The second kappa shape index (κ2) is 14.0. The molecule has 0 bridgehead atoms. The Morgan fingerprint density at radius 3 is 2.49 bits per heavy atom. The lowest BCUT2D eigenvalue weighted by molar-refractivity contribution is -0.0722. The van der Waals surface area contributed by atoms with Crippen molar-refractivity contribution in [3.63, 3.8) is 0 Å². The number of alkyl halides is 1. The van der Waals surface area contributed by atoms with Crippen LogP contribution in [0.4, 0.5) is 4.39 Å². The molecule has 0 heterocycles. The fourth-order valence-electron chi connectivity index (χ4n) is 8.83. The Morgan fingerprint density at radius 2 is 1.77 bits per heavy atom. The summed E-state index contributed by atoms with van der Waals surface area (Å²) >= 11 is 0. The Balaban J connectivity index is 1.28. The van der Waals surface area contributed by atoms with Crippen molar-refractivity contribution in [2.45, 2.75) is 110 Å². The van der Waals surface area contributed by atoms with Crippen LogP contribution in [0, 0.1) is 23.2 Å². The first-order valence-electron chi connectivity index (χ1n) is 16.9. The van der Waals surface area contributed by atoms with Gasteiger partial charge in [0.2, 0.25) is 0 Å². The van der Waals surface area contributed by atoms with Crippen LogP contribution >= 0.6 is 0 Å². The van der Waals surface area contributed by atoms with Gasteiger partial charge in [0.05, 0.1) is 12.7 Å². The summed E-state index contributed by atoms with van der Waals surface area (Å²) in [5, 5.41) is 21.2. The van der Waals surface area contributed by atoms with Gasteiger partial charge in [0.1, 0.15) is 17.7 Å². The summed E-state index contributed by atoms with van der Waals surface area (Å²) in [6, 6.07) is 13.0. The fraction of sp³-hybridized carbons (Fsp3) is 0.649. The van der Waals surface area contributed by atoms with Gasteiger partial charge in [-0.25, -0.2) is 4.39 Å². The highest BCUT2D eigenvalue weighted by Gasteiger charge is 2.59. The highest BCUT2D eigenvalue weighted by Crippen LogP contribution is 2.63. The maximum atomic E-state index is 16.1. The Hall–Kier alpha value is -2.60. The number of phenolic OH excluding ortho intramolecular Hbond substituents is 1. The molecule has 2 aromatic carbocycles. The van der Waals surface area contributed by atoms with Gasteiger partial charge in [0.15, 0.2) is 0 Å². The van der Waals surface area contributed by atoms with E-state index in [1.807, 2.05) is 48.2 Å². The van der Waals surface area contributed by atoms with E-state index < -0.39 is 12.3 Å². The monoisotopic (exact) mass is 593 g/mol. The van der Waals surface area contributed by atoms with Gasteiger partial charge < -0.3 is 19.8 Å². The summed E-state index contributed by atoms with van der Waals surface area (Å²) in [6.07, 6.45) is 8.83. The largest absolute Gasteiger partial charge is 0.508 e. The topological polar surface area (TPSA) is 70.0 Å². The molecule has 2 N–H and O–H groups in total. The third-order valence-corrected chi connectivity index (χ3v) is 11.0. The Labute approximate surface area is 257 Å². The molecule has 6 unspecified atom stereocenters. The van der Waals surface area contributed by atoms with Gasteiger partial charge in [0.25, 0.3) is 5.91 Å². The number of aromatic hydroxyl groups is 1.